The highest BCUT2D eigenvalue weighted by molar-refractivity contribution is 7.89. The lowest BCUT2D eigenvalue weighted by atomic mass is 10.1. The predicted octanol–water partition coefficient (Wildman–Crippen LogP) is 2.67. The Morgan fingerprint density at radius 2 is 1.82 bits per heavy atom. The Labute approximate surface area is 159 Å². The summed E-state index contributed by atoms with van der Waals surface area (Å²) in [4.78, 5) is 12.0. The summed E-state index contributed by atoms with van der Waals surface area (Å²) in [6, 6.07) is 5.42. The van der Waals surface area contributed by atoms with Gasteiger partial charge in [0.1, 0.15) is 5.82 Å². The average Bonchev–Trinajstić information content (AvgIpc) is 3.17. The third kappa shape index (κ3) is 4.70. The van der Waals surface area contributed by atoms with E-state index in [9.17, 15) is 26.4 Å². The van der Waals surface area contributed by atoms with Crippen molar-refractivity contribution >= 4 is 21.6 Å². The number of carbonyl (C=O) groups excluding carboxylic acids is 1. The molecule has 1 saturated heterocycles. The number of sulfonamides is 1. The van der Waals surface area contributed by atoms with Gasteiger partial charge in [-0.2, -0.15) is 0 Å². The van der Waals surface area contributed by atoms with Crippen LogP contribution in [0.4, 0.5) is 18.9 Å². The second-order valence-electron chi connectivity index (χ2n) is 6.31. The van der Waals surface area contributed by atoms with E-state index in [1.807, 2.05) is 0 Å². The first-order valence-corrected chi connectivity index (χ1v) is 9.88. The van der Waals surface area contributed by atoms with Crippen molar-refractivity contribution in [1.82, 2.24) is 4.72 Å². The highest BCUT2D eigenvalue weighted by Crippen LogP contribution is 2.19. The molecule has 0 aromatic heterocycles. The van der Waals surface area contributed by atoms with Crippen molar-refractivity contribution < 1.29 is 31.1 Å². The molecule has 1 amide bonds. The standard InChI is InChI=1S/C18H17F3N2O4S/c19-15-4-2-13(28(25,26)22-9-11-5-6-27-10-11)8-14(15)18(24)23-12-1-3-16(20)17(21)7-12/h1-4,7-8,11,22H,5-6,9-10H2,(H,23,24)/t11-/m1/s1. The molecule has 1 aliphatic heterocycles. The molecule has 1 heterocycles. The molecule has 0 radical (unpaired) electrons. The number of ether oxygens (including phenoxy) is 1. The summed E-state index contributed by atoms with van der Waals surface area (Å²) in [5.41, 5.74) is -0.646. The summed E-state index contributed by atoms with van der Waals surface area (Å²) in [6.45, 7) is 1.18. The second kappa shape index (κ2) is 8.29. The van der Waals surface area contributed by atoms with Crippen LogP contribution in [0, 0.1) is 23.4 Å². The molecule has 1 fully saturated rings. The van der Waals surface area contributed by atoms with Crippen LogP contribution in [-0.2, 0) is 14.8 Å². The predicted molar refractivity (Wildman–Crippen MR) is 94.8 cm³/mol. The van der Waals surface area contributed by atoms with E-state index in [4.69, 9.17) is 4.74 Å². The first-order chi connectivity index (χ1) is 13.3. The number of nitrogens with one attached hydrogen (secondary N) is 2. The van der Waals surface area contributed by atoms with E-state index in [1.54, 1.807) is 0 Å². The monoisotopic (exact) mass is 414 g/mol. The van der Waals surface area contributed by atoms with Crippen LogP contribution in [0.15, 0.2) is 41.3 Å². The van der Waals surface area contributed by atoms with Crippen LogP contribution in [-0.4, -0.2) is 34.1 Å². The Hall–Kier alpha value is -2.43. The maximum Gasteiger partial charge on any atom is 0.258 e. The Morgan fingerprint density at radius 3 is 2.50 bits per heavy atom. The molecule has 3 rings (SSSR count). The fourth-order valence-corrected chi connectivity index (χ4v) is 3.82. The van der Waals surface area contributed by atoms with Gasteiger partial charge in [-0.05, 0) is 42.7 Å². The summed E-state index contributed by atoms with van der Waals surface area (Å²) in [7, 11) is -3.97. The fraction of sp³-hybridized carbons (Fsp3) is 0.278. The van der Waals surface area contributed by atoms with E-state index in [-0.39, 0.29) is 23.0 Å². The normalized spacial score (nSPS) is 16.9. The molecule has 2 aromatic carbocycles. The number of amides is 1. The van der Waals surface area contributed by atoms with Crippen molar-refractivity contribution in [3.8, 4) is 0 Å². The van der Waals surface area contributed by atoms with Crippen LogP contribution in [0.25, 0.3) is 0 Å². The quantitative estimate of drug-likeness (QED) is 0.761. The number of carbonyl (C=O) groups is 1. The summed E-state index contributed by atoms with van der Waals surface area (Å²) in [5.74, 6) is -4.19. The van der Waals surface area contributed by atoms with Gasteiger partial charge in [-0.3, -0.25) is 4.79 Å². The molecule has 1 atom stereocenters. The molecule has 0 unspecified atom stereocenters. The molecule has 150 valence electrons. The zero-order chi connectivity index (χ0) is 20.3. The van der Waals surface area contributed by atoms with E-state index >= 15 is 0 Å². The molecule has 1 aliphatic rings. The van der Waals surface area contributed by atoms with Gasteiger partial charge in [-0.15, -0.1) is 0 Å². The second-order valence-corrected chi connectivity index (χ2v) is 8.07. The van der Waals surface area contributed by atoms with Crippen LogP contribution in [0.3, 0.4) is 0 Å². The summed E-state index contributed by atoms with van der Waals surface area (Å²) in [6.07, 6.45) is 0.730. The minimum atomic E-state index is -3.97. The van der Waals surface area contributed by atoms with Gasteiger partial charge in [0.2, 0.25) is 10.0 Å². The van der Waals surface area contributed by atoms with Crippen molar-refractivity contribution in [2.45, 2.75) is 11.3 Å². The van der Waals surface area contributed by atoms with Crippen molar-refractivity contribution in [3.05, 3.63) is 59.4 Å². The van der Waals surface area contributed by atoms with E-state index in [0.29, 0.717) is 13.2 Å². The van der Waals surface area contributed by atoms with E-state index in [2.05, 4.69) is 10.0 Å². The molecule has 10 heteroatoms. The lowest BCUT2D eigenvalue weighted by Gasteiger charge is -2.12. The van der Waals surface area contributed by atoms with Gasteiger partial charge < -0.3 is 10.1 Å². The zero-order valence-corrected chi connectivity index (χ0v) is 15.4. The van der Waals surface area contributed by atoms with Crippen molar-refractivity contribution in [1.29, 1.82) is 0 Å². The highest BCUT2D eigenvalue weighted by atomic mass is 32.2. The number of benzene rings is 2. The molecule has 6 nitrogen and oxygen atoms in total. The third-order valence-corrected chi connectivity index (χ3v) is 5.68. The molecule has 28 heavy (non-hydrogen) atoms. The van der Waals surface area contributed by atoms with E-state index in [1.165, 1.54) is 0 Å². The van der Waals surface area contributed by atoms with Gasteiger partial charge in [-0.25, -0.2) is 26.3 Å². The van der Waals surface area contributed by atoms with Gasteiger partial charge in [0.15, 0.2) is 11.6 Å². The van der Waals surface area contributed by atoms with Crippen LogP contribution in [0.5, 0.6) is 0 Å². The molecule has 0 saturated carbocycles. The third-order valence-electron chi connectivity index (χ3n) is 4.26. The Bertz CT molecular complexity index is 992. The minimum absolute atomic E-state index is 0.0476. The maximum absolute atomic E-state index is 14.1. The number of halogens is 3. The largest absolute Gasteiger partial charge is 0.381 e. The molecule has 0 bridgehead atoms. The van der Waals surface area contributed by atoms with Crippen LogP contribution >= 0.6 is 0 Å². The lowest BCUT2D eigenvalue weighted by molar-refractivity contribution is 0.102. The molecular weight excluding hydrogens is 397 g/mol. The van der Waals surface area contributed by atoms with Gasteiger partial charge >= 0.3 is 0 Å². The smallest absolute Gasteiger partial charge is 0.258 e. The highest BCUT2D eigenvalue weighted by Gasteiger charge is 2.22. The van der Waals surface area contributed by atoms with Crippen LogP contribution in [0.2, 0.25) is 0 Å². The number of hydrogen-bond acceptors (Lipinski definition) is 4. The number of anilines is 1. The molecule has 2 aromatic rings. The topological polar surface area (TPSA) is 84.5 Å². The maximum atomic E-state index is 14.1. The van der Waals surface area contributed by atoms with Gasteiger partial charge in [-0.1, -0.05) is 0 Å². The van der Waals surface area contributed by atoms with Crippen molar-refractivity contribution in [3.63, 3.8) is 0 Å². The summed E-state index contributed by atoms with van der Waals surface area (Å²) < 4.78 is 72.7. The number of rotatable bonds is 6. The van der Waals surface area contributed by atoms with E-state index in [0.717, 1.165) is 42.8 Å². The van der Waals surface area contributed by atoms with Gasteiger partial charge in [0.05, 0.1) is 17.1 Å². The Kier molecular flexibility index (Phi) is 6.01. The van der Waals surface area contributed by atoms with Gasteiger partial charge in [0.25, 0.3) is 5.91 Å². The van der Waals surface area contributed by atoms with Crippen LogP contribution < -0.4 is 10.0 Å². The first-order valence-electron chi connectivity index (χ1n) is 8.39. The first kappa shape index (κ1) is 20.3. The fourth-order valence-electron chi connectivity index (χ4n) is 2.67. The van der Waals surface area contributed by atoms with Crippen molar-refractivity contribution in [2.75, 3.05) is 25.1 Å². The summed E-state index contributed by atoms with van der Waals surface area (Å²) in [5, 5.41) is 2.21. The van der Waals surface area contributed by atoms with Crippen LogP contribution in [0.1, 0.15) is 16.8 Å². The Balaban J connectivity index is 1.77. The van der Waals surface area contributed by atoms with Gasteiger partial charge in [0, 0.05) is 24.9 Å². The summed E-state index contributed by atoms with van der Waals surface area (Å²) >= 11 is 0. The Morgan fingerprint density at radius 1 is 1.07 bits per heavy atom. The minimum Gasteiger partial charge on any atom is -0.381 e. The SMILES string of the molecule is O=C(Nc1ccc(F)c(F)c1)c1cc(S(=O)(=O)NC[C@H]2CCOC2)ccc1F. The lowest BCUT2D eigenvalue weighted by Crippen LogP contribution is -2.30. The molecule has 0 aliphatic carbocycles. The molecular formula is C18H17F3N2O4S. The average molecular weight is 414 g/mol. The number of hydrogen-bond donors (Lipinski definition) is 2. The zero-order valence-electron chi connectivity index (χ0n) is 14.5. The van der Waals surface area contributed by atoms with E-state index < -0.39 is 38.9 Å². The van der Waals surface area contributed by atoms with Crippen molar-refractivity contribution in [2.24, 2.45) is 5.92 Å². The molecule has 2 N–H and O–H groups in total. The molecule has 0 spiro atoms.